The maximum absolute atomic E-state index is 11.0. The number of benzene rings is 1. The van der Waals surface area contributed by atoms with Crippen molar-refractivity contribution < 1.29 is 9.90 Å². The molecule has 0 spiro atoms. The summed E-state index contributed by atoms with van der Waals surface area (Å²) in [6.45, 7) is 8.34. The second-order valence-electron chi connectivity index (χ2n) is 6.27. The minimum absolute atomic E-state index is 0.109. The SMILES string of the molecule is Cc1ccccc1N1CCC(C)(C)C(CC(=O)O)C1. The Morgan fingerprint density at radius 2 is 2.11 bits per heavy atom. The third kappa shape index (κ3) is 3.09. The quantitative estimate of drug-likeness (QED) is 0.907. The van der Waals surface area contributed by atoms with E-state index in [1.165, 1.54) is 11.3 Å². The Labute approximate surface area is 115 Å². The first kappa shape index (κ1) is 13.9. The normalized spacial score (nSPS) is 22.3. The summed E-state index contributed by atoms with van der Waals surface area (Å²) in [6, 6.07) is 8.34. The summed E-state index contributed by atoms with van der Waals surface area (Å²) in [4.78, 5) is 13.4. The number of carboxylic acid groups (broad SMARTS) is 1. The van der Waals surface area contributed by atoms with Gasteiger partial charge < -0.3 is 10.0 Å². The van der Waals surface area contributed by atoms with Crippen molar-refractivity contribution in [3.63, 3.8) is 0 Å². The number of anilines is 1. The summed E-state index contributed by atoms with van der Waals surface area (Å²) >= 11 is 0. The fourth-order valence-electron chi connectivity index (χ4n) is 2.92. The maximum Gasteiger partial charge on any atom is 0.303 e. The van der Waals surface area contributed by atoms with Crippen LogP contribution in [0.15, 0.2) is 24.3 Å². The zero-order valence-electron chi connectivity index (χ0n) is 12.0. The topological polar surface area (TPSA) is 40.5 Å². The van der Waals surface area contributed by atoms with Crippen molar-refractivity contribution in [3.05, 3.63) is 29.8 Å². The number of para-hydroxylation sites is 1. The molecule has 1 aliphatic rings. The van der Waals surface area contributed by atoms with Gasteiger partial charge in [0.2, 0.25) is 0 Å². The first-order valence-corrected chi connectivity index (χ1v) is 6.92. The third-order valence-electron chi connectivity index (χ3n) is 4.45. The highest BCUT2D eigenvalue weighted by Gasteiger charge is 2.36. The average Bonchev–Trinajstić information content (AvgIpc) is 2.32. The molecule has 1 atom stereocenters. The predicted molar refractivity (Wildman–Crippen MR) is 77.5 cm³/mol. The molecule has 19 heavy (non-hydrogen) atoms. The van der Waals surface area contributed by atoms with Crippen molar-refractivity contribution in [2.75, 3.05) is 18.0 Å². The first-order chi connectivity index (χ1) is 8.90. The highest BCUT2D eigenvalue weighted by Crippen LogP contribution is 2.39. The molecule has 1 aliphatic heterocycles. The summed E-state index contributed by atoms with van der Waals surface area (Å²) in [6.07, 6.45) is 1.30. The van der Waals surface area contributed by atoms with Crippen LogP contribution in [0, 0.1) is 18.3 Å². The van der Waals surface area contributed by atoms with E-state index in [-0.39, 0.29) is 17.8 Å². The smallest absolute Gasteiger partial charge is 0.303 e. The minimum atomic E-state index is -0.690. The molecule has 3 heteroatoms. The van der Waals surface area contributed by atoms with Gasteiger partial charge in [0.25, 0.3) is 0 Å². The zero-order chi connectivity index (χ0) is 14.0. The summed E-state index contributed by atoms with van der Waals surface area (Å²) < 4.78 is 0. The second kappa shape index (κ2) is 5.24. The molecule has 0 aliphatic carbocycles. The molecular weight excluding hydrogens is 238 g/mol. The minimum Gasteiger partial charge on any atom is -0.481 e. The van der Waals surface area contributed by atoms with E-state index in [9.17, 15) is 4.79 Å². The van der Waals surface area contributed by atoms with Gasteiger partial charge in [-0.05, 0) is 36.3 Å². The largest absolute Gasteiger partial charge is 0.481 e. The highest BCUT2D eigenvalue weighted by molar-refractivity contribution is 5.67. The average molecular weight is 261 g/mol. The number of aliphatic carboxylic acids is 1. The Kier molecular flexibility index (Phi) is 3.83. The lowest BCUT2D eigenvalue weighted by atomic mass is 9.71. The van der Waals surface area contributed by atoms with Gasteiger partial charge in [0.1, 0.15) is 0 Å². The molecule has 1 fully saturated rings. The number of carbonyl (C=O) groups is 1. The Hall–Kier alpha value is -1.51. The van der Waals surface area contributed by atoms with Gasteiger partial charge >= 0.3 is 5.97 Å². The van der Waals surface area contributed by atoms with E-state index < -0.39 is 5.97 Å². The molecule has 1 heterocycles. The molecule has 1 unspecified atom stereocenters. The first-order valence-electron chi connectivity index (χ1n) is 6.92. The van der Waals surface area contributed by atoms with Crippen LogP contribution in [0.4, 0.5) is 5.69 Å². The van der Waals surface area contributed by atoms with Gasteiger partial charge in [-0.3, -0.25) is 4.79 Å². The van der Waals surface area contributed by atoms with Crippen LogP contribution in [0.5, 0.6) is 0 Å². The molecule has 104 valence electrons. The Morgan fingerprint density at radius 3 is 2.74 bits per heavy atom. The van der Waals surface area contributed by atoms with E-state index in [1.54, 1.807) is 0 Å². The van der Waals surface area contributed by atoms with Crippen LogP contribution in [0.3, 0.4) is 0 Å². The number of nitrogens with zero attached hydrogens (tertiary/aromatic N) is 1. The van der Waals surface area contributed by atoms with Crippen LogP contribution in [0.2, 0.25) is 0 Å². The number of aryl methyl sites for hydroxylation is 1. The van der Waals surface area contributed by atoms with Crippen molar-refractivity contribution >= 4 is 11.7 Å². The molecule has 0 saturated carbocycles. The second-order valence-corrected chi connectivity index (χ2v) is 6.27. The van der Waals surface area contributed by atoms with Crippen LogP contribution in [0.1, 0.15) is 32.3 Å². The molecule has 3 nitrogen and oxygen atoms in total. The summed E-state index contributed by atoms with van der Waals surface area (Å²) in [7, 11) is 0. The molecule has 1 aromatic rings. The van der Waals surface area contributed by atoms with Crippen LogP contribution >= 0.6 is 0 Å². The van der Waals surface area contributed by atoms with Gasteiger partial charge in [-0.15, -0.1) is 0 Å². The Bertz CT molecular complexity index is 468. The number of carboxylic acids is 1. The fourth-order valence-corrected chi connectivity index (χ4v) is 2.92. The highest BCUT2D eigenvalue weighted by atomic mass is 16.4. The van der Waals surface area contributed by atoms with Crippen LogP contribution in [-0.2, 0) is 4.79 Å². The lowest BCUT2D eigenvalue weighted by molar-refractivity contribution is -0.139. The number of rotatable bonds is 3. The van der Waals surface area contributed by atoms with Gasteiger partial charge in [-0.25, -0.2) is 0 Å². The predicted octanol–water partition coefficient (Wildman–Crippen LogP) is 3.32. The Morgan fingerprint density at radius 1 is 1.42 bits per heavy atom. The molecule has 1 saturated heterocycles. The maximum atomic E-state index is 11.0. The van der Waals surface area contributed by atoms with Gasteiger partial charge in [-0.1, -0.05) is 32.0 Å². The van der Waals surface area contributed by atoms with Gasteiger partial charge in [0, 0.05) is 18.8 Å². The lowest BCUT2D eigenvalue weighted by Crippen LogP contribution is -2.45. The van der Waals surface area contributed by atoms with Crippen molar-refractivity contribution in [1.82, 2.24) is 0 Å². The standard InChI is InChI=1S/C16H23NO2/c1-12-6-4-5-7-14(12)17-9-8-16(2,3)13(11-17)10-15(18)19/h4-7,13H,8-11H2,1-3H3,(H,18,19). The van der Waals surface area contributed by atoms with Crippen molar-refractivity contribution in [2.45, 2.75) is 33.6 Å². The van der Waals surface area contributed by atoms with E-state index in [1.807, 2.05) is 12.1 Å². The monoisotopic (exact) mass is 261 g/mol. The van der Waals surface area contributed by atoms with Crippen molar-refractivity contribution in [2.24, 2.45) is 11.3 Å². The Balaban J connectivity index is 2.18. The van der Waals surface area contributed by atoms with Crippen LogP contribution in [0.25, 0.3) is 0 Å². The van der Waals surface area contributed by atoms with Crippen molar-refractivity contribution in [3.8, 4) is 0 Å². The molecule has 0 amide bonds. The molecule has 0 radical (unpaired) electrons. The zero-order valence-corrected chi connectivity index (χ0v) is 12.0. The third-order valence-corrected chi connectivity index (χ3v) is 4.45. The van der Waals surface area contributed by atoms with Crippen molar-refractivity contribution in [1.29, 1.82) is 0 Å². The molecule has 1 aromatic carbocycles. The molecule has 1 N–H and O–H groups in total. The van der Waals surface area contributed by atoms with Gasteiger partial charge in [-0.2, -0.15) is 0 Å². The lowest BCUT2D eigenvalue weighted by Gasteiger charge is -2.44. The number of piperidine rings is 1. The molecule has 2 rings (SSSR count). The van der Waals surface area contributed by atoms with Crippen LogP contribution in [-0.4, -0.2) is 24.2 Å². The fraction of sp³-hybridized carbons (Fsp3) is 0.562. The van der Waals surface area contributed by atoms with E-state index in [2.05, 4.69) is 37.8 Å². The van der Waals surface area contributed by atoms with E-state index >= 15 is 0 Å². The number of hydrogen-bond donors (Lipinski definition) is 1. The molecule has 0 bridgehead atoms. The molecular formula is C16H23NO2. The number of hydrogen-bond acceptors (Lipinski definition) is 2. The van der Waals surface area contributed by atoms with Crippen LogP contribution < -0.4 is 4.90 Å². The molecule has 0 aromatic heterocycles. The summed E-state index contributed by atoms with van der Waals surface area (Å²) in [5, 5.41) is 9.09. The van der Waals surface area contributed by atoms with Gasteiger partial charge in [0.15, 0.2) is 0 Å². The van der Waals surface area contributed by atoms with E-state index in [0.29, 0.717) is 0 Å². The van der Waals surface area contributed by atoms with E-state index in [0.717, 1.165) is 19.5 Å². The summed E-state index contributed by atoms with van der Waals surface area (Å²) in [5.74, 6) is -0.483. The summed E-state index contributed by atoms with van der Waals surface area (Å²) in [5.41, 5.74) is 2.61. The van der Waals surface area contributed by atoms with Gasteiger partial charge in [0.05, 0.1) is 6.42 Å². The van der Waals surface area contributed by atoms with E-state index in [4.69, 9.17) is 5.11 Å².